The molecule has 0 radical (unpaired) electrons. The van der Waals surface area contributed by atoms with Crippen LogP contribution in [-0.2, 0) is 24.1 Å². The van der Waals surface area contributed by atoms with E-state index >= 15 is 0 Å². The molecule has 0 bridgehead atoms. The maximum absolute atomic E-state index is 13.7. The summed E-state index contributed by atoms with van der Waals surface area (Å²) in [5, 5.41) is 10.2. The van der Waals surface area contributed by atoms with Crippen LogP contribution in [-0.4, -0.2) is 107 Å². The van der Waals surface area contributed by atoms with Gasteiger partial charge in [0.15, 0.2) is 15.5 Å². The lowest BCUT2D eigenvalue weighted by atomic mass is 9.86. The molecule has 284 valence electrons. The number of hydrogen-bond donors (Lipinski definition) is 2. The Labute approximate surface area is 309 Å². The van der Waals surface area contributed by atoms with E-state index in [9.17, 15) is 18.0 Å². The van der Waals surface area contributed by atoms with E-state index in [1.165, 1.54) is 9.42 Å². The van der Waals surface area contributed by atoms with Crippen molar-refractivity contribution < 1.29 is 32.2 Å². The number of anilines is 4. The fourth-order valence-corrected chi connectivity index (χ4v) is 7.86. The lowest BCUT2D eigenvalue weighted by molar-refractivity contribution is -0.143. The molecule has 53 heavy (non-hydrogen) atoms. The molecule has 2 aliphatic heterocycles. The maximum Gasteiger partial charge on any atom is 0.411 e. The first-order valence-electron chi connectivity index (χ1n) is 17.8. The number of nitrogens with zero attached hydrogens (tertiary/aromatic N) is 6. The molecule has 4 heterocycles. The summed E-state index contributed by atoms with van der Waals surface area (Å²) in [4.78, 5) is 39.4. The molecule has 0 spiro atoms. The van der Waals surface area contributed by atoms with Gasteiger partial charge in [-0.2, -0.15) is 19.6 Å². The number of benzene rings is 2. The van der Waals surface area contributed by atoms with Gasteiger partial charge in [0.2, 0.25) is 17.8 Å². The second-order valence-corrected chi connectivity index (χ2v) is 17.1. The summed E-state index contributed by atoms with van der Waals surface area (Å²) in [6.45, 7) is 12.6. The van der Waals surface area contributed by atoms with Gasteiger partial charge in [0.1, 0.15) is 17.4 Å². The number of rotatable bonds is 9. The molecule has 4 aromatic rings. The molecule has 1 unspecified atom stereocenters. The van der Waals surface area contributed by atoms with Crippen molar-refractivity contribution in [2.45, 2.75) is 82.1 Å². The fourth-order valence-electron chi connectivity index (χ4n) is 6.65. The first-order valence-corrected chi connectivity index (χ1v) is 19.3. The van der Waals surface area contributed by atoms with E-state index in [2.05, 4.69) is 25.7 Å². The van der Waals surface area contributed by atoms with E-state index in [0.29, 0.717) is 49.0 Å². The number of para-hydroxylation sites is 1. The molecule has 0 aliphatic carbocycles. The van der Waals surface area contributed by atoms with Gasteiger partial charge in [-0.1, -0.05) is 12.1 Å². The van der Waals surface area contributed by atoms with Crippen LogP contribution in [0.15, 0.2) is 53.6 Å². The lowest BCUT2D eigenvalue weighted by Gasteiger charge is -2.40. The van der Waals surface area contributed by atoms with Crippen LogP contribution >= 0.6 is 0 Å². The van der Waals surface area contributed by atoms with E-state index in [-0.39, 0.29) is 35.2 Å². The second kappa shape index (κ2) is 15.2. The van der Waals surface area contributed by atoms with Crippen LogP contribution in [0.1, 0.15) is 64.5 Å². The number of sulfone groups is 1. The van der Waals surface area contributed by atoms with Crippen LogP contribution in [0.5, 0.6) is 5.75 Å². The Balaban J connectivity index is 1.18. The topological polar surface area (TPSA) is 170 Å². The monoisotopic (exact) mass is 748 g/mol. The molecule has 0 saturated carbocycles. The largest absolute Gasteiger partial charge is 0.495 e. The lowest BCUT2D eigenvalue weighted by Crippen LogP contribution is -2.58. The third kappa shape index (κ3) is 8.18. The van der Waals surface area contributed by atoms with Crippen LogP contribution in [0, 0.1) is 6.92 Å². The SMILES string of the molecule is COc1cc(C2CCN(C(=O)C3COCCN3C(=O)OC(C)(C)C)CC2)c(C)cc1Nc1nc(Nc2ccccc2S(=O)(=O)C(C)C)n2nccc2n1. The normalized spacial score (nSPS) is 17.2. The number of carbonyl (C=O) groups is 2. The summed E-state index contributed by atoms with van der Waals surface area (Å²) in [6.07, 6.45) is 2.57. The first-order chi connectivity index (χ1) is 25.2. The Bertz CT molecular complexity index is 2090. The number of fused-ring (bicyclic) bond motifs is 1. The van der Waals surface area contributed by atoms with Crippen LogP contribution in [0.3, 0.4) is 0 Å². The quantitative estimate of drug-likeness (QED) is 0.222. The number of aromatic nitrogens is 4. The molecular weight excluding hydrogens is 701 g/mol. The Morgan fingerprint density at radius 1 is 1.00 bits per heavy atom. The van der Waals surface area contributed by atoms with Gasteiger partial charge in [0, 0.05) is 25.7 Å². The standard InChI is InChI=1S/C37H48N8O7S/c1-23(2)53(48,49)31-11-9-8-10-27(31)40-35-42-34(41-32-12-15-38-45(32)35)39-28-20-24(3)26(21-30(28)50-7)25-13-16-43(17-14-25)33(46)29-22-51-19-18-44(29)36(47)52-37(4,5)6/h8-12,15,20-21,23,25,29H,13-14,16-19,22H2,1-7H3,(H2,39,40,41,42). The van der Waals surface area contributed by atoms with E-state index in [4.69, 9.17) is 14.2 Å². The summed E-state index contributed by atoms with van der Waals surface area (Å²) in [5.74, 6) is 1.18. The second-order valence-electron chi connectivity index (χ2n) is 14.6. The Hall–Kier alpha value is -4.96. The van der Waals surface area contributed by atoms with E-state index in [0.717, 1.165) is 24.0 Å². The number of morpholine rings is 1. The molecule has 16 heteroatoms. The smallest absolute Gasteiger partial charge is 0.411 e. The average Bonchev–Trinajstić information content (AvgIpc) is 3.60. The van der Waals surface area contributed by atoms with Crippen LogP contribution in [0.25, 0.3) is 5.65 Å². The highest BCUT2D eigenvalue weighted by atomic mass is 32.2. The summed E-state index contributed by atoms with van der Waals surface area (Å²) < 4.78 is 44.8. The molecule has 2 aromatic heterocycles. The van der Waals surface area contributed by atoms with E-state index < -0.39 is 32.8 Å². The van der Waals surface area contributed by atoms with Crippen molar-refractivity contribution >= 4 is 50.8 Å². The number of ether oxygens (including phenoxy) is 3. The van der Waals surface area contributed by atoms with Gasteiger partial charge in [-0.3, -0.25) is 9.69 Å². The number of nitrogens with one attached hydrogen (secondary N) is 2. The fraction of sp³-hybridized carbons (Fsp3) is 0.486. The van der Waals surface area contributed by atoms with Crippen molar-refractivity contribution in [3.05, 3.63) is 59.8 Å². The van der Waals surface area contributed by atoms with Gasteiger partial charge in [-0.05, 0) is 95.7 Å². The van der Waals surface area contributed by atoms with E-state index in [1.54, 1.807) is 57.5 Å². The predicted molar refractivity (Wildman–Crippen MR) is 200 cm³/mol. The van der Waals surface area contributed by atoms with Crippen molar-refractivity contribution in [1.82, 2.24) is 29.4 Å². The molecule has 2 fully saturated rings. The molecule has 2 aliphatic rings. The summed E-state index contributed by atoms with van der Waals surface area (Å²) >= 11 is 0. The number of carbonyl (C=O) groups excluding carboxylic acids is 2. The summed E-state index contributed by atoms with van der Waals surface area (Å²) in [5.41, 5.74) is 3.01. The molecule has 2 aromatic carbocycles. The number of likely N-dealkylation sites (tertiary alicyclic amines) is 1. The van der Waals surface area contributed by atoms with Gasteiger partial charge < -0.3 is 29.7 Å². The zero-order valence-electron chi connectivity index (χ0n) is 31.2. The van der Waals surface area contributed by atoms with Crippen molar-refractivity contribution in [1.29, 1.82) is 0 Å². The number of amides is 2. The minimum atomic E-state index is -3.59. The highest BCUT2D eigenvalue weighted by Crippen LogP contribution is 2.38. The van der Waals surface area contributed by atoms with Gasteiger partial charge in [0.25, 0.3) is 0 Å². The Morgan fingerprint density at radius 3 is 2.43 bits per heavy atom. The minimum absolute atomic E-state index is 0.128. The molecule has 2 amide bonds. The molecule has 15 nitrogen and oxygen atoms in total. The zero-order valence-corrected chi connectivity index (χ0v) is 32.1. The molecule has 1 atom stereocenters. The van der Waals surface area contributed by atoms with E-state index in [1.807, 2.05) is 44.7 Å². The van der Waals surface area contributed by atoms with Gasteiger partial charge >= 0.3 is 6.09 Å². The summed E-state index contributed by atoms with van der Waals surface area (Å²) in [7, 11) is -1.99. The average molecular weight is 749 g/mol. The minimum Gasteiger partial charge on any atom is -0.495 e. The van der Waals surface area contributed by atoms with Crippen LogP contribution < -0.4 is 15.4 Å². The van der Waals surface area contributed by atoms with Crippen LogP contribution in [0.2, 0.25) is 0 Å². The third-order valence-corrected chi connectivity index (χ3v) is 11.6. The number of piperidine rings is 1. The molecule has 2 N–H and O–H groups in total. The van der Waals surface area contributed by atoms with Crippen molar-refractivity contribution in [2.24, 2.45) is 0 Å². The van der Waals surface area contributed by atoms with Crippen molar-refractivity contribution in [2.75, 3.05) is 50.6 Å². The van der Waals surface area contributed by atoms with Crippen LogP contribution in [0.4, 0.5) is 28.1 Å². The Morgan fingerprint density at radius 2 is 1.74 bits per heavy atom. The summed E-state index contributed by atoms with van der Waals surface area (Å²) in [6, 6.07) is 11.7. The number of methoxy groups -OCH3 is 1. The van der Waals surface area contributed by atoms with Crippen molar-refractivity contribution in [3.63, 3.8) is 0 Å². The molecule has 6 rings (SSSR count). The van der Waals surface area contributed by atoms with Gasteiger partial charge in [-0.25, -0.2) is 13.2 Å². The highest BCUT2D eigenvalue weighted by Gasteiger charge is 2.39. The maximum atomic E-state index is 13.7. The first kappa shape index (κ1) is 37.8. The van der Waals surface area contributed by atoms with Crippen molar-refractivity contribution in [3.8, 4) is 5.75 Å². The highest BCUT2D eigenvalue weighted by molar-refractivity contribution is 7.92. The van der Waals surface area contributed by atoms with Gasteiger partial charge in [0.05, 0.1) is 48.0 Å². The zero-order chi connectivity index (χ0) is 38.1. The molecular formula is C37H48N8O7S. The Kier molecular flexibility index (Phi) is 10.8. The van der Waals surface area contributed by atoms with Gasteiger partial charge in [-0.15, -0.1) is 0 Å². The molecule has 2 saturated heterocycles. The third-order valence-electron chi connectivity index (χ3n) is 9.44. The number of hydrogen-bond acceptors (Lipinski definition) is 12. The number of aryl methyl sites for hydroxylation is 1. The predicted octanol–water partition coefficient (Wildman–Crippen LogP) is 5.45.